The lowest BCUT2D eigenvalue weighted by Gasteiger charge is -2.31. The molecular weight excluding hydrogens is 172 g/mol. The van der Waals surface area contributed by atoms with Gasteiger partial charge in [0.2, 0.25) is 0 Å². The summed E-state index contributed by atoms with van der Waals surface area (Å²) in [5.74, 6) is 1.98. The van der Waals surface area contributed by atoms with Crippen LogP contribution in [-0.2, 0) is 0 Å². The SMILES string of the molecule is C1CC2CCC(CNC3CC3)CC2N1. The molecule has 0 aromatic heterocycles. The number of rotatable bonds is 3. The van der Waals surface area contributed by atoms with E-state index in [1.54, 1.807) is 0 Å². The van der Waals surface area contributed by atoms with E-state index in [1.165, 1.54) is 51.6 Å². The second-order valence-corrected chi connectivity index (χ2v) is 5.47. The average molecular weight is 194 g/mol. The van der Waals surface area contributed by atoms with Crippen LogP contribution in [0.3, 0.4) is 0 Å². The molecule has 0 spiro atoms. The van der Waals surface area contributed by atoms with Crippen molar-refractivity contribution in [2.45, 2.75) is 50.6 Å². The van der Waals surface area contributed by atoms with Gasteiger partial charge in [-0.1, -0.05) is 0 Å². The quantitative estimate of drug-likeness (QED) is 0.712. The molecule has 0 bridgehead atoms. The summed E-state index contributed by atoms with van der Waals surface area (Å²) in [6.07, 6.45) is 8.68. The molecule has 14 heavy (non-hydrogen) atoms. The van der Waals surface area contributed by atoms with Crippen LogP contribution in [0.1, 0.15) is 38.5 Å². The van der Waals surface area contributed by atoms with Gasteiger partial charge in [0.05, 0.1) is 0 Å². The lowest BCUT2D eigenvalue weighted by molar-refractivity contribution is 0.242. The smallest absolute Gasteiger partial charge is 0.00989 e. The second-order valence-electron chi connectivity index (χ2n) is 5.47. The minimum absolute atomic E-state index is 0.870. The predicted octanol–water partition coefficient (Wildman–Crippen LogP) is 1.52. The monoisotopic (exact) mass is 194 g/mol. The molecule has 3 atom stereocenters. The molecule has 1 heterocycles. The zero-order valence-corrected chi connectivity index (χ0v) is 8.97. The summed E-state index contributed by atoms with van der Waals surface area (Å²) >= 11 is 0. The number of nitrogens with one attached hydrogen (secondary N) is 2. The molecule has 3 rings (SSSR count). The lowest BCUT2D eigenvalue weighted by Crippen LogP contribution is -2.37. The van der Waals surface area contributed by atoms with Crippen LogP contribution in [0.5, 0.6) is 0 Å². The van der Waals surface area contributed by atoms with Crippen LogP contribution in [0.4, 0.5) is 0 Å². The minimum Gasteiger partial charge on any atom is -0.314 e. The zero-order valence-electron chi connectivity index (χ0n) is 8.97. The van der Waals surface area contributed by atoms with E-state index in [2.05, 4.69) is 10.6 Å². The Morgan fingerprint density at radius 2 is 2.00 bits per heavy atom. The lowest BCUT2D eigenvalue weighted by atomic mass is 9.79. The van der Waals surface area contributed by atoms with E-state index in [0.717, 1.165) is 23.9 Å². The third-order valence-corrected chi connectivity index (χ3v) is 4.30. The van der Waals surface area contributed by atoms with Crippen LogP contribution < -0.4 is 10.6 Å². The Balaban J connectivity index is 1.46. The van der Waals surface area contributed by atoms with E-state index < -0.39 is 0 Å². The van der Waals surface area contributed by atoms with Crippen molar-refractivity contribution in [3.8, 4) is 0 Å². The van der Waals surface area contributed by atoms with E-state index in [4.69, 9.17) is 0 Å². The van der Waals surface area contributed by atoms with Crippen LogP contribution in [0.25, 0.3) is 0 Å². The Kier molecular flexibility index (Phi) is 2.50. The van der Waals surface area contributed by atoms with Crippen molar-refractivity contribution in [3.05, 3.63) is 0 Å². The van der Waals surface area contributed by atoms with Gasteiger partial charge in [-0.25, -0.2) is 0 Å². The molecule has 3 aliphatic rings. The Hall–Kier alpha value is -0.0800. The maximum atomic E-state index is 3.68. The van der Waals surface area contributed by atoms with Crippen molar-refractivity contribution < 1.29 is 0 Å². The highest BCUT2D eigenvalue weighted by molar-refractivity contribution is 4.91. The topological polar surface area (TPSA) is 24.1 Å². The summed E-state index contributed by atoms with van der Waals surface area (Å²) in [5.41, 5.74) is 0. The highest BCUT2D eigenvalue weighted by Crippen LogP contribution is 2.34. The van der Waals surface area contributed by atoms with E-state index in [-0.39, 0.29) is 0 Å². The summed E-state index contributed by atoms with van der Waals surface area (Å²) in [7, 11) is 0. The molecule has 0 amide bonds. The zero-order chi connectivity index (χ0) is 9.38. The fourth-order valence-corrected chi connectivity index (χ4v) is 3.18. The maximum Gasteiger partial charge on any atom is 0.00989 e. The van der Waals surface area contributed by atoms with Crippen molar-refractivity contribution in [3.63, 3.8) is 0 Å². The van der Waals surface area contributed by atoms with E-state index >= 15 is 0 Å². The summed E-state index contributed by atoms with van der Waals surface area (Å²) in [6.45, 7) is 2.56. The van der Waals surface area contributed by atoms with Gasteiger partial charge in [-0.2, -0.15) is 0 Å². The van der Waals surface area contributed by atoms with E-state index in [9.17, 15) is 0 Å². The van der Waals surface area contributed by atoms with Gasteiger partial charge in [0.25, 0.3) is 0 Å². The summed E-state index contributed by atoms with van der Waals surface area (Å²) in [5, 5.41) is 7.34. The Labute approximate surface area is 86.8 Å². The maximum absolute atomic E-state index is 3.68. The summed E-state index contributed by atoms with van der Waals surface area (Å²) in [4.78, 5) is 0. The third kappa shape index (κ3) is 1.96. The van der Waals surface area contributed by atoms with Crippen LogP contribution in [0, 0.1) is 11.8 Å². The molecule has 3 fully saturated rings. The van der Waals surface area contributed by atoms with Crippen LogP contribution in [0.2, 0.25) is 0 Å². The molecule has 2 saturated carbocycles. The highest BCUT2D eigenvalue weighted by atomic mass is 15.0. The molecule has 2 N–H and O–H groups in total. The molecular formula is C12H22N2. The first-order valence-electron chi connectivity index (χ1n) is 6.38. The average Bonchev–Trinajstić information content (AvgIpc) is 2.92. The number of fused-ring (bicyclic) bond motifs is 1. The number of hydrogen-bond acceptors (Lipinski definition) is 2. The first-order valence-corrected chi connectivity index (χ1v) is 6.38. The van der Waals surface area contributed by atoms with Gasteiger partial charge in [0, 0.05) is 12.1 Å². The van der Waals surface area contributed by atoms with Crippen molar-refractivity contribution in [1.29, 1.82) is 0 Å². The van der Waals surface area contributed by atoms with Gasteiger partial charge in [0.1, 0.15) is 0 Å². The Morgan fingerprint density at radius 3 is 2.86 bits per heavy atom. The Morgan fingerprint density at radius 1 is 1.07 bits per heavy atom. The standard InChI is InChI=1S/C12H22N2/c1-2-10-5-6-13-12(10)7-9(1)8-14-11-3-4-11/h9-14H,1-8H2. The summed E-state index contributed by atoms with van der Waals surface area (Å²) in [6, 6.07) is 1.76. The van der Waals surface area contributed by atoms with Crippen molar-refractivity contribution in [2.24, 2.45) is 11.8 Å². The molecule has 80 valence electrons. The highest BCUT2D eigenvalue weighted by Gasteiger charge is 2.33. The second kappa shape index (κ2) is 3.82. The first-order chi connectivity index (χ1) is 6.92. The molecule has 0 radical (unpaired) electrons. The van der Waals surface area contributed by atoms with E-state index in [0.29, 0.717) is 0 Å². The molecule has 0 aromatic carbocycles. The largest absolute Gasteiger partial charge is 0.314 e. The van der Waals surface area contributed by atoms with Crippen LogP contribution in [0.15, 0.2) is 0 Å². The third-order valence-electron chi connectivity index (χ3n) is 4.30. The Bertz CT molecular complexity index is 200. The van der Waals surface area contributed by atoms with Gasteiger partial charge in [-0.15, -0.1) is 0 Å². The van der Waals surface area contributed by atoms with Gasteiger partial charge in [-0.3, -0.25) is 0 Å². The van der Waals surface area contributed by atoms with Gasteiger partial charge in [-0.05, 0) is 63.5 Å². The van der Waals surface area contributed by atoms with Gasteiger partial charge in [0.15, 0.2) is 0 Å². The minimum atomic E-state index is 0.870. The summed E-state index contributed by atoms with van der Waals surface area (Å²) < 4.78 is 0. The molecule has 3 unspecified atom stereocenters. The fraction of sp³-hybridized carbons (Fsp3) is 1.00. The number of hydrogen-bond donors (Lipinski definition) is 2. The molecule has 2 heteroatoms. The normalized spacial score (nSPS) is 42.4. The van der Waals surface area contributed by atoms with E-state index in [1.807, 2.05) is 0 Å². The molecule has 2 aliphatic carbocycles. The molecule has 1 aliphatic heterocycles. The van der Waals surface area contributed by atoms with Crippen LogP contribution >= 0.6 is 0 Å². The predicted molar refractivity (Wildman–Crippen MR) is 58.3 cm³/mol. The van der Waals surface area contributed by atoms with Crippen molar-refractivity contribution in [1.82, 2.24) is 10.6 Å². The first kappa shape index (κ1) is 9.17. The van der Waals surface area contributed by atoms with Gasteiger partial charge < -0.3 is 10.6 Å². The van der Waals surface area contributed by atoms with Crippen molar-refractivity contribution in [2.75, 3.05) is 13.1 Å². The molecule has 2 nitrogen and oxygen atoms in total. The van der Waals surface area contributed by atoms with Crippen molar-refractivity contribution >= 4 is 0 Å². The van der Waals surface area contributed by atoms with Gasteiger partial charge >= 0.3 is 0 Å². The molecule has 1 saturated heterocycles. The molecule has 0 aromatic rings. The van der Waals surface area contributed by atoms with Crippen LogP contribution in [-0.4, -0.2) is 25.2 Å². The fourth-order valence-electron chi connectivity index (χ4n) is 3.18.